The number of para-hydroxylation sites is 1. The molecule has 6 heteroatoms. The third-order valence-corrected chi connectivity index (χ3v) is 2.31. The second-order valence-electron chi connectivity index (χ2n) is 3.54. The predicted octanol–water partition coefficient (Wildman–Crippen LogP) is 1.08. The van der Waals surface area contributed by atoms with E-state index < -0.39 is 17.3 Å². The van der Waals surface area contributed by atoms with Crippen molar-refractivity contribution in [2.75, 3.05) is 0 Å². The number of benzene rings is 1. The van der Waals surface area contributed by atoms with E-state index in [1.54, 1.807) is 0 Å². The Kier molecular flexibility index (Phi) is 2.86. The molecule has 2 N–H and O–H groups in total. The van der Waals surface area contributed by atoms with Gasteiger partial charge in [0.15, 0.2) is 0 Å². The van der Waals surface area contributed by atoms with E-state index in [2.05, 4.69) is 9.97 Å². The van der Waals surface area contributed by atoms with Gasteiger partial charge in [0.2, 0.25) is 0 Å². The van der Waals surface area contributed by atoms with Crippen molar-refractivity contribution in [2.45, 2.75) is 12.8 Å². The van der Waals surface area contributed by atoms with Gasteiger partial charge in [0.1, 0.15) is 17.2 Å². The fourth-order valence-corrected chi connectivity index (χ4v) is 1.52. The summed E-state index contributed by atoms with van der Waals surface area (Å²) in [6.45, 7) is 0. The fraction of sp³-hybridized carbons (Fsp3) is 0.182. The summed E-state index contributed by atoms with van der Waals surface area (Å²) in [6, 6.07) is 4.09. The minimum absolute atomic E-state index is 0.0309. The lowest BCUT2D eigenvalue weighted by atomic mass is 10.2. The Morgan fingerprint density at radius 1 is 1.47 bits per heavy atom. The molecule has 2 rings (SSSR count). The molecule has 0 bridgehead atoms. The molecule has 5 nitrogen and oxygen atoms in total. The Balaban J connectivity index is 2.50. The molecule has 0 atom stereocenters. The number of aromatic nitrogens is 2. The van der Waals surface area contributed by atoms with Crippen LogP contribution in [-0.2, 0) is 11.2 Å². The zero-order chi connectivity index (χ0) is 12.4. The number of aryl methyl sites for hydroxylation is 1. The summed E-state index contributed by atoms with van der Waals surface area (Å²) in [5, 5.41) is 8.67. The van der Waals surface area contributed by atoms with Gasteiger partial charge < -0.3 is 10.1 Å². The molecular formula is C11H9FN2O3. The van der Waals surface area contributed by atoms with Crippen molar-refractivity contribution >= 4 is 16.9 Å². The summed E-state index contributed by atoms with van der Waals surface area (Å²) >= 11 is 0. The molecule has 1 aromatic heterocycles. The van der Waals surface area contributed by atoms with Crippen molar-refractivity contribution in [3.63, 3.8) is 0 Å². The van der Waals surface area contributed by atoms with Crippen molar-refractivity contribution < 1.29 is 14.3 Å². The molecule has 0 saturated heterocycles. The van der Waals surface area contributed by atoms with Gasteiger partial charge in [-0.25, -0.2) is 9.37 Å². The highest BCUT2D eigenvalue weighted by Gasteiger charge is 2.08. The van der Waals surface area contributed by atoms with E-state index in [1.165, 1.54) is 18.2 Å². The Morgan fingerprint density at radius 2 is 2.24 bits per heavy atom. The molecule has 0 fully saturated rings. The van der Waals surface area contributed by atoms with E-state index in [0.29, 0.717) is 0 Å². The van der Waals surface area contributed by atoms with Gasteiger partial charge in [0, 0.05) is 6.42 Å². The molecule has 0 aliphatic carbocycles. The first-order valence-corrected chi connectivity index (χ1v) is 4.97. The quantitative estimate of drug-likeness (QED) is 0.835. The van der Waals surface area contributed by atoms with E-state index in [1.807, 2.05) is 0 Å². The van der Waals surface area contributed by atoms with Crippen molar-refractivity contribution in [2.24, 2.45) is 0 Å². The molecule has 0 aliphatic heterocycles. The summed E-state index contributed by atoms with van der Waals surface area (Å²) < 4.78 is 13.4. The molecule has 0 aliphatic rings. The second-order valence-corrected chi connectivity index (χ2v) is 3.54. The molecule has 88 valence electrons. The third-order valence-electron chi connectivity index (χ3n) is 2.31. The summed E-state index contributed by atoms with van der Waals surface area (Å²) in [5.41, 5.74) is -0.494. The molecule has 2 aromatic rings. The van der Waals surface area contributed by atoms with Crippen molar-refractivity contribution in [3.05, 3.63) is 40.2 Å². The Labute approximate surface area is 94.9 Å². The average molecular weight is 236 g/mol. The highest BCUT2D eigenvalue weighted by molar-refractivity contribution is 5.77. The van der Waals surface area contributed by atoms with Crippen LogP contribution < -0.4 is 5.56 Å². The number of aromatic amines is 1. The summed E-state index contributed by atoms with van der Waals surface area (Å²) in [7, 11) is 0. The number of hydrogen-bond acceptors (Lipinski definition) is 3. The molecule has 0 unspecified atom stereocenters. The van der Waals surface area contributed by atoms with Gasteiger partial charge in [-0.15, -0.1) is 0 Å². The molecule has 0 spiro atoms. The van der Waals surface area contributed by atoms with Crippen LogP contribution in [0.15, 0.2) is 23.0 Å². The van der Waals surface area contributed by atoms with Gasteiger partial charge >= 0.3 is 5.97 Å². The maximum atomic E-state index is 13.4. The SMILES string of the molecule is O=C(O)CCc1nc2c(F)cccc2c(=O)[nH]1. The van der Waals surface area contributed by atoms with Crippen LogP contribution in [-0.4, -0.2) is 21.0 Å². The normalized spacial score (nSPS) is 10.6. The first-order valence-electron chi connectivity index (χ1n) is 4.97. The van der Waals surface area contributed by atoms with Gasteiger partial charge in [-0.2, -0.15) is 0 Å². The van der Waals surface area contributed by atoms with Crippen molar-refractivity contribution in [1.82, 2.24) is 9.97 Å². The lowest BCUT2D eigenvalue weighted by molar-refractivity contribution is -0.137. The molecular weight excluding hydrogens is 227 g/mol. The zero-order valence-corrected chi connectivity index (χ0v) is 8.74. The van der Waals surface area contributed by atoms with Crippen LogP contribution in [0.25, 0.3) is 10.9 Å². The number of H-pyrrole nitrogens is 1. The number of fused-ring (bicyclic) bond motifs is 1. The summed E-state index contributed by atoms with van der Waals surface area (Å²) in [5.74, 6) is -1.42. The van der Waals surface area contributed by atoms with E-state index in [4.69, 9.17) is 5.11 Å². The lowest BCUT2D eigenvalue weighted by Gasteiger charge is -2.02. The van der Waals surface area contributed by atoms with Crippen LogP contribution in [0.5, 0.6) is 0 Å². The van der Waals surface area contributed by atoms with Gasteiger partial charge in [0.05, 0.1) is 11.8 Å². The minimum Gasteiger partial charge on any atom is -0.481 e. The maximum absolute atomic E-state index is 13.4. The van der Waals surface area contributed by atoms with E-state index in [9.17, 15) is 14.0 Å². The zero-order valence-electron chi connectivity index (χ0n) is 8.74. The van der Waals surface area contributed by atoms with Gasteiger partial charge in [0.25, 0.3) is 5.56 Å². The number of nitrogens with one attached hydrogen (secondary N) is 1. The number of carboxylic acid groups (broad SMARTS) is 1. The number of hydrogen-bond donors (Lipinski definition) is 2. The predicted molar refractivity (Wildman–Crippen MR) is 58.3 cm³/mol. The number of nitrogens with zero attached hydrogens (tertiary/aromatic N) is 1. The first kappa shape index (κ1) is 11.3. The number of halogens is 1. The third kappa shape index (κ3) is 2.30. The molecule has 0 radical (unpaired) electrons. The number of carbonyl (C=O) groups is 1. The second kappa shape index (κ2) is 4.32. The van der Waals surface area contributed by atoms with Crippen LogP contribution >= 0.6 is 0 Å². The van der Waals surface area contributed by atoms with Gasteiger partial charge in [-0.1, -0.05) is 6.07 Å². The molecule has 1 aromatic carbocycles. The van der Waals surface area contributed by atoms with Crippen molar-refractivity contribution in [3.8, 4) is 0 Å². The van der Waals surface area contributed by atoms with E-state index in [0.717, 1.165) is 0 Å². The number of carboxylic acids is 1. The van der Waals surface area contributed by atoms with Crippen LogP contribution in [0.1, 0.15) is 12.2 Å². The van der Waals surface area contributed by atoms with E-state index >= 15 is 0 Å². The van der Waals surface area contributed by atoms with E-state index in [-0.39, 0.29) is 29.6 Å². The summed E-state index contributed by atoms with van der Waals surface area (Å²) in [6.07, 6.45) is -0.0995. The highest BCUT2D eigenvalue weighted by atomic mass is 19.1. The molecule has 1 heterocycles. The van der Waals surface area contributed by atoms with Crippen LogP contribution in [0.2, 0.25) is 0 Å². The first-order chi connectivity index (χ1) is 8.08. The van der Waals surface area contributed by atoms with Gasteiger partial charge in [-0.3, -0.25) is 9.59 Å². The van der Waals surface area contributed by atoms with Crippen LogP contribution in [0.3, 0.4) is 0 Å². The Morgan fingerprint density at radius 3 is 2.94 bits per heavy atom. The lowest BCUT2D eigenvalue weighted by Crippen LogP contribution is -2.13. The average Bonchev–Trinajstić information content (AvgIpc) is 2.28. The monoisotopic (exact) mass is 236 g/mol. The Hall–Kier alpha value is -2.24. The smallest absolute Gasteiger partial charge is 0.303 e. The largest absolute Gasteiger partial charge is 0.481 e. The minimum atomic E-state index is -0.999. The highest BCUT2D eigenvalue weighted by Crippen LogP contribution is 2.11. The van der Waals surface area contributed by atoms with Crippen molar-refractivity contribution in [1.29, 1.82) is 0 Å². The summed E-state index contributed by atoms with van der Waals surface area (Å²) in [4.78, 5) is 28.3. The number of rotatable bonds is 3. The molecule has 17 heavy (non-hydrogen) atoms. The maximum Gasteiger partial charge on any atom is 0.303 e. The van der Waals surface area contributed by atoms with Gasteiger partial charge in [-0.05, 0) is 12.1 Å². The fourth-order valence-electron chi connectivity index (χ4n) is 1.52. The molecule has 0 saturated carbocycles. The van der Waals surface area contributed by atoms with Crippen LogP contribution in [0.4, 0.5) is 4.39 Å². The topological polar surface area (TPSA) is 83.0 Å². The Bertz CT molecular complexity index is 636. The standard InChI is InChI=1S/C11H9FN2O3/c12-7-3-1-2-6-10(7)13-8(14-11(6)17)4-5-9(15)16/h1-3H,4-5H2,(H,15,16)(H,13,14,17). The number of aliphatic carboxylic acids is 1. The van der Waals surface area contributed by atoms with Crippen LogP contribution in [0, 0.1) is 5.82 Å². The molecule has 0 amide bonds.